The number of hydrogen-bond donors (Lipinski definition) is 2. The fourth-order valence-electron chi connectivity index (χ4n) is 2.15. The van der Waals surface area contributed by atoms with Gasteiger partial charge < -0.3 is 5.32 Å². The standard InChI is InChI=1S/C17H14F2N4OS/c1-10(24)20-13-5-2-11(3-6-13)16-9-25-17(23-22-16)21-15-7-4-12(18)8-14(15)19/h2-8H,9H2,1H3,(H,20,24)(H,21,23). The lowest BCUT2D eigenvalue weighted by molar-refractivity contribution is -0.114. The van der Waals surface area contributed by atoms with Crippen LogP contribution in [0.2, 0.25) is 0 Å². The molecule has 0 spiro atoms. The first-order valence-electron chi connectivity index (χ1n) is 7.38. The zero-order valence-corrected chi connectivity index (χ0v) is 14.0. The molecule has 0 aromatic heterocycles. The lowest BCUT2D eigenvalue weighted by Gasteiger charge is -2.15. The average molecular weight is 360 g/mol. The van der Waals surface area contributed by atoms with E-state index in [2.05, 4.69) is 20.8 Å². The number of rotatable bonds is 3. The van der Waals surface area contributed by atoms with Crippen molar-refractivity contribution in [3.8, 4) is 0 Å². The van der Waals surface area contributed by atoms with Gasteiger partial charge in [0.2, 0.25) is 5.91 Å². The minimum absolute atomic E-state index is 0.0507. The maximum Gasteiger partial charge on any atom is 0.221 e. The molecule has 0 bridgehead atoms. The largest absolute Gasteiger partial charge is 0.326 e. The molecule has 1 aliphatic rings. The number of hydrazone groups is 1. The van der Waals surface area contributed by atoms with Gasteiger partial charge in [0.1, 0.15) is 11.5 Å². The van der Waals surface area contributed by atoms with Gasteiger partial charge in [-0.15, -0.1) is 0 Å². The van der Waals surface area contributed by atoms with E-state index in [-0.39, 0.29) is 11.6 Å². The van der Waals surface area contributed by atoms with Gasteiger partial charge in [-0.3, -0.25) is 10.2 Å². The Balaban J connectivity index is 1.71. The monoisotopic (exact) mass is 360 g/mol. The van der Waals surface area contributed by atoms with E-state index in [0.29, 0.717) is 16.6 Å². The minimum Gasteiger partial charge on any atom is -0.326 e. The van der Waals surface area contributed by atoms with Crippen LogP contribution in [0.3, 0.4) is 0 Å². The zero-order valence-electron chi connectivity index (χ0n) is 13.2. The Bertz CT molecular complexity index is 865. The number of halogens is 2. The van der Waals surface area contributed by atoms with Gasteiger partial charge in [0.05, 0.1) is 5.71 Å². The fourth-order valence-corrected chi connectivity index (χ4v) is 2.93. The van der Waals surface area contributed by atoms with Gasteiger partial charge in [-0.1, -0.05) is 23.9 Å². The second kappa shape index (κ2) is 7.43. The first kappa shape index (κ1) is 17.1. The Hall–Kier alpha value is -2.74. The molecule has 0 radical (unpaired) electrons. The highest BCUT2D eigenvalue weighted by Gasteiger charge is 2.14. The molecule has 0 atom stereocenters. The third kappa shape index (κ3) is 4.42. The van der Waals surface area contributed by atoms with Gasteiger partial charge in [-0.2, -0.15) is 5.10 Å². The maximum absolute atomic E-state index is 13.6. The number of anilines is 1. The maximum atomic E-state index is 13.6. The van der Waals surface area contributed by atoms with Crippen molar-refractivity contribution >= 4 is 39.9 Å². The molecule has 2 aromatic carbocycles. The number of amidine groups is 1. The number of amides is 1. The molecule has 25 heavy (non-hydrogen) atoms. The first-order valence-corrected chi connectivity index (χ1v) is 8.37. The van der Waals surface area contributed by atoms with E-state index in [4.69, 9.17) is 0 Å². The number of thioether (sulfide) groups is 1. The minimum atomic E-state index is -0.724. The zero-order chi connectivity index (χ0) is 17.8. The predicted molar refractivity (Wildman–Crippen MR) is 96.3 cm³/mol. The number of nitrogens with zero attached hydrogens (tertiary/aromatic N) is 2. The van der Waals surface area contributed by atoms with Crippen LogP contribution in [0, 0.1) is 11.6 Å². The third-order valence-corrected chi connectivity index (χ3v) is 4.18. The lowest BCUT2D eigenvalue weighted by Crippen LogP contribution is -2.25. The predicted octanol–water partition coefficient (Wildman–Crippen LogP) is 3.65. The molecule has 5 nitrogen and oxygen atoms in total. The SMILES string of the molecule is CC(=O)Nc1ccc(C2=NNC(=Nc3ccc(F)cc3F)SC2)cc1. The van der Waals surface area contributed by atoms with Crippen molar-refractivity contribution in [3.63, 3.8) is 0 Å². The summed E-state index contributed by atoms with van der Waals surface area (Å²) >= 11 is 1.37. The van der Waals surface area contributed by atoms with E-state index >= 15 is 0 Å². The van der Waals surface area contributed by atoms with E-state index in [9.17, 15) is 13.6 Å². The number of carbonyl (C=O) groups is 1. The van der Waals surface area contributed by atoms with Gasteiger partial charge >= 0.3 is 0 Å². The van der Waals surface area contributed by atoms with Crippen LogP contribution < -0.4 is 10.7 Å². The number of hydrogen-bond acceptors (Lipinski definition) is 4. The van der Waals surface area contributed by atoms with Gasteiger partial charge in [-0.05, 0) is 29.8 Å². The normalized spacial score (nSPS) is 15.5. The summed E-state index contributed by atoms with van der Waals surface area (Å²) in [7, 11) is 0. The van der Waals surface area contributed by atoms with Crippen molar-refractivity contribution in [1.82, 2.24) is 5.43 Å². The molecule has 0 saturated carbocycles. The second-order valence-electron chi connectivity index (χ2n) is 5.23. The molecular formula is C17H14F2N4OS. The third-order valence-electron chi connectivity index (χ3n) is 3.30. The first-order chi connectivity index (χ1) is 12.0. The average Bonchev–Trinajstić information content (AvgIpc) is 2.58. The molecule has 3 rings (SSSR count). The molecule has 0 fully saturated rings. The van der Waals surface area contributed by atoms with Crippen LogP contribution in [0.25, 0.3) is 0 Å². The van der Waals surface area contributed by atoms with Crippen molar-refractivity contribution in [2.75, 3.05) is 11.1 Å². The summed E-state index contributed by atoms with van der Waals surface area (Å²) in [5.41, 5.74) is 5.24. The van der Waals surface area contributed by atoms with E-state index in [1.165, 1.54) is 24.8 Å². The van der Waals surface area contributed by atoms with Gasteiger partial charge in [-0.25, -0.2) is 13.8 Å². The van der Waals surface area contributed by atoms with E-state index < -0.39 is 11.6 Å². The molecule has 8 heteroatoms. The summed E-state index contributed by atoms with van der Waals surface area (Å²) in [6, 6.07) is 10.5. The summed E-state index contributed by atoms with van der Waals surface area (Å²) < 4.78 is 26.5. The molecule has 1 aliphatic heterocycles. The van der Waals surface area contributed by atoms with E-state index in [0.717, 1.165) is 23.4 Å². The van der Waals surface area contributed by atoms with Crippen molar-refractivity contribution < 1.29 is 13.6 Å². The van der Waals surface area contributed by atoms with Crippen molar-refractivity contribution in [3.05, 3.63) is 59.7 Å². The Labute approximate surface area is 147 Å². The number of nitrogens with one attached hydrogen (secondary N) is 2. The molecule has 0 saturated heterocycles. The van der Waals surface area contributed by atoms with E-state index in [1.807, 2.05) is 12.1 Å². The van der Waals surface area contributed by atoms with Crippen LogP contribution in [0.5, 0.6) is 0 Å². The summed E-state index contributed by atoms with van der Waals surface area (Å²) in [6.45, 7) is 1.45. The Morgan fingerprint density at radius 3 is 2.60 bits per heavy atom. The fraction of sp³-hybridized carbons (Fsp3) is 0.118. The molecule has 128 valence electrons. The van der Waals surface area contributed by atoms with Crippen LogP contribution >= 0.6 is 11.8 Å². The molecular weight excluding hydrogens is 346 g/mol. The Morgan fingerprint density at radius 1 is 1.24 bits per heavy atom. The highest BCUT2D eigenvalue weighted by atomic mass is 32.2. The molecule has 0 aliphatic carbocycles. The Kier molecular flexibility index (Phi) is 5.08. The van der Waals surface area contributed by atoms with Crippen LogP contribution in [-0.2, 0) is 4.79 Å². The van der Waals surface area contributed by atoms with Crippen LogP contribution in [0.15, 0.2) is 52.6 Å². The summed E-state index contributed by atoms with van der Waals surface area (Å²) in [6.07, 6.45) is 0. The van der Waals surface area contributed by atoms with Gasteiger partial charge in [0.15, 0.2) is 11.0 Å². The molecule has 1 amide bonds. The number of benzene rings is 2. The Morgan fingerprint density at radius 2 is 2.00 bits per heavy atom. The molecule has 0 unspecified atom stereocenters. The molecule has 1 heterocycles. The number of aliphatic imine (C=N–C) groups is 1. The van der Waals surface area contributed by atoms with Gasteiger partial charge in [0, 0.05) is 24.4 Å². The highest BCUT2D eigenvalue weighted by molar-refractivity contribution is 8.14. The van der Waals surface area contributed by atoms with Gasteiger partial charge in [0.25, 0.3) is 0 Å². The number of carbonyl (C=O) groups excluding carboxylic acids is 1. The quantitative estimate of drug-likeness (QED) is 0.878. The smallest absolute Gasteiger partial charge is 0.221 e. The van der Waals surface area contributed by atoms with Crippen molar-refractivity contribution in [2.45, 2.75) is 6.92 Å². The summed E-state index contributed by atoms with van der Waals surface area (Å²) in [5.74, 6) is -0.950. The highest BCUT2D eigenvalue weighted by Crippen LogP contribution is 2.22. The van der Waals surface area contributed by atoms with E-state index in [1.54, 1.807) is 12.1 Å². The molecule has 2 aromatic rings. The van der Waals surface area contributed by atoms with Crippen molar-refractivity contribution in [2.24, 2.45) is 10.1 Å². The molecule has 2 N–H and O–H groups in total. The summed E-state index contributed by atoms with van der Waals surface area (Å²) in [5, 5.41) is 7.38. The van der Waals surface area contributed by atoms with Crippen molar-refractivity contribution in [1.29, 1.82) is 0 Å². The topological polar surface area (TPSA) is 65.8 Å². The summed E-state index contributed by atoms with van der Waals surface area (Å²) in [4.78, 5) is 15.1. The van der Waals surface area contributed by atoms with Crippen LogP contribution in [-0.4, -0.2) is 22.5 Å². The lowest BCUT2D eigenvalue weighted by atomic mass is 10.1. The second-order valence-corrected chi connectivity index (χ2v) is 6.19. The van der Waals surface area contributed by atoms with Crippen LogP contribution in [0.1, 0.15) is 12.5 Å². The van der Waals surface area contributed by atoms with Crippen LogP contribution in [0.4, 0.5) is 20.2 Å².